The number of hydrogen-bond acceptors (Lipinski definition) is 9. The third-order valence-electron chi connectivity index (χ3n) is 13.9. The number of nitrogens with two attached hydrogens (primary N) is 1. The molecule has 9 heteroatoms. The lowest BCUT2D eigenvalue weighted by Crippen LogP contribution is -2.60. The largest absolute Gasteiger partial charge is 0.458 e. The first kappa shape index (κ1) is 38.8. The first-order valence-corrected chi connectivity index (χ1v) is 20.0. The maximum absolute atomic E-state index is 14.8. The van der Waals surface area contributed by atoms with Crippen molar-refractivity contribution in [3.05, 3.63) is 34.9 Å². The molecule has 4 bridgehead atoms. The Balaban J connectivity index is 1.37. The fourth-order valence-electron chi connectivity index (χ4n) is 10.3. The molecular formula is C42H65NO8. The molecule has 5 heterocycles. The van der Waals surface area contributed by atoms with Gasteiger partial charge >= 0.3 is 5.97 Å². The fourth-order valence-corrected chi connectivity index (χ4v) is 10.3. The fraction of sp³-hybridized carbons (Fsp3) is 0.810. The van der Waals surface area contributed by atoms with Gasteiger partial charge in [0.05, 0.1) is 24.2 Å². The molecule has 0 amide bonds. The van der Waals surface area contributed by atoms with Gasteiger partial charge in [-0.3, -0.25) is 9.59 Å². The number of cyclic esters (lactones) is 1. The van der Waals surface area contributed by atoms with Crippen LogP contribution in [0.3, 0.4) is 0 Å². The van der Waals surface area contributed by atoms with Gasteiger partial charge in [-0.1, -0.05) is 44.6 Å². The summed E-state index contributed by atoms with van der Waals surface area (Å²) in [5.41, 5.74) is 8.37. The average molecular weight is 712 g/mol. The average Bonchev–Trinajstić information content (AvgIpc) is 3.71. The number of carbonyl (C=O) groups excluding carboxylic acids is 2. The molecule has 4 saturated heterocycles. The first-order chi connectivity index (χ1) is 24.0. The molecule has 9 nitrogen and oxygen atoms in total. The van der Waals surface area contributed by atoms with Crippen molar-refractivity contribution in [3.63, 3.8) is 0 Å². The Hall–Kier alpha value is -1.88. The molecule has 5 aliphatic heterocycles. The van der Waals surface area contributed by atoms with Crippen LogP contribution in [0.1, 0.15) is 138 Å². The number of ketones is 1. The van der Waals surface area contributed by atoms with Crippen LogP contribution in [0, 0.1) is 29.1 Å². The number of aliphatic hydroxyl groups is 2. The first-order valence-electron chi connectivity index (χ1n) is 20.0. The van der Waals surface area contributed by atoms with Gasteiger partial charge in [-0.05, 0) is 108 Å². The van der Waals surface area contributed by atoms with Crippen LogP contribution < -0.4 is 5.73 Å². The van der Waals surface area contributed by atoms with Crippen LogP contribution >= 0.6 is 0 Å². The normalized spacial score (nSPS) is 44.7. The second-order valence-electron chi connectivity index (χ2n) is 17.8. The molecule has 0 saturated carbocycles. The highest BCUT2D eigenvalue weighted by Crippen LogP contribution is 2.56. The van der Waals surface area contributed by atoms with E-state index in [9.17, 15) is 19.8 Å². The Morgan fingerprint density at radius 3 is 2.53 bits per heavy atom. The summed E-state index contributed by atoms with van der Waals surface area (Å²) in [6.07, 6.45) is 10.2. The molecule has 286 valence electrons. The van der Waals surface area contributed by atoms with E-state index in [1.165, 1.54) is 0 Å². The predicted octanol–water partition coefficient (Wildman–Crippen LogP) is 6.98. The molecule has 12 unspecified atom stereocenters. The minimum atomic E-state index is -1.16. The molecule has 4 N–H and O–H groups in total. The van der Waals surface area contributed by atoms with Gasteiger partial charge in [0.2, 0.25) is 5.79 Å². The highest BCUT2D eigenvalue weighted by atomic mass is 16.8. The molecule has 0 aromatic rings. The van der Waals surface area contributed by atoms with Gasteiger partial charge in [0.15, 0.2) is 5.79 Å². The van der Waals surface area contributed by atoms with Crippen LogP contribution in [0.15, 0.2) is 34.9 Å². The van der Waals surface area contributed by atoms with Crippen LogP contribution in [0.5, 0.6) is 0 Å². The molecule has 0 radical (unpaired) electrons. The molecule has 6 aliphatic rings. The monoisotopic (exact) mass is 711 g/mol. The molecule has 6 rings (SSSR count). The standard InChI is InChI=1S/C42H65NO8/c1-25-9-8-10-37(45)40(15-11-26(2)24-43)16-13-32(36-21-28(4)38(46)48-36)30(6)33(40)20-27(3)34(44)22-35-29(5)23-41(50-35)17-18-42(51-41)39(7,47)14-12-31(19-25)49-42/h20,26,28-29,31,33-36,44,47H,1,8-19,21-24,43H2,2-7H3. The van der Waals surface area contributed by atoms with E-state index in [0.29, 0.717) is 96.4 Å². The minimum absolute atomic E-state index is 0.123. The quantitative estimate of drug-likeness (QED) is 0.204. The van der Waals surface area contributed by atoms with Crippen molar-refractivity contribution in [2.45, 2.75) is 179 Å². The van der Waals surface area contributed by atoms with E-state index in [4.69, 9.17) is 24.7 Å². The van der Waals surface area contributed by atoms with E-state index in [1.807, 2.05) is 20.8 Å². The number of fused-ring (bicyclic) bond motifs is 3. The van der Waals surface area contributed by atoms with E-state index >= 15 is 0 Å². The Bertz CT molecular complexity index is 1420. The lowest BCUT2D eigenvalue weighted by atomic mass is 9.58. The van der Waals surface area contributed by atoms with E-state index in [2.05, 4.69) is 33.4 Å². The van der Waals surface area contributed by atoms with Crippen LogP contribution in [0.25, 0.3) is 0 Å². The Kier molecular flexibility index (Phi) is 11.2. The maximum atomic E-state index is 14.8. The van der Waals surface area contributed by atoms with Crippen molar-refractivity contribution in [1.29, 1.82) is 0 Å². The number of Topliss-reactive ketones (excluding diaryl/α,β-unsaturated/α-hetero) is 1. The minimum Gasteiger partial charge on any atom is -0.458 e. The van der Waals surface area contributed by atoms with Crippen LogP contribution in [0.2, 0.25) is 0 Å². The number of hydrogen-bond donors (Lipinski definition) is 3. The summed E-state index contributed by atoms with van der Waals surface area (Å²) in [5.74, 6) is -1.94. The van der Waals surface area contributed by atoms with Crippen LogP contribution in [0.4, 0.5) is 0 Å². The Morgan fingerprint density at radius 1 is 1.06 bits per heavy atom. The van der Waals surface area contributed by atoms with Gasteiger partial charge in [-0.15, -0.1) is 0 Å². The lowest BCUT2D eigenvalue weighted by Gasteiger charge is -2.49. The number of aliphatic hydroxyl groups excluding tert-OH is 1. The summed E-state index contributed by atoms with van der Waals surface area (Å²) < 4.78 is 26.1. The topological polar surface area (TPSA) is 138 Å². The number of rotatable bonds is 5. The number of allylic oxidation sites excluding steroid dienone is 2. The molecule has 51 heavy (non-hydrogen) atoms. The Labute approximate surface area is 305 Å². The third-order valence-corrected chi connectivity index (χ3v) is 13.9. The van der Waals surface area contributed by atoms with E-state index < -0.39 is 28.7 Å². The van der Waals surface area contributed by atoms with Gasteiger partial charge in [0.25, 0.3) is 0 Å². The Morgan fingerprint density at radius 2 is 1.82 bits per heavy atom. The van der Waals surface area contributed by atoms with Crippen molar-refractivity contribution >= 4 is 11.8 Å². The second kappa shape index (κ2) is 14.7. The molecule has 4 fully saturated rings. The van der Waals surface area contributed by atoms with E-state index in [-0.39, 0.29) is 53.7 Å². The van der Waals surface area contributed by atoms with Crippen molar-refractivity contribution in [1.82, 2.24) is 0 Å². The highest BCUT2D eigenvalue weighted by Gasteiger charge is 2.64. The van der Waals surface area contributed by atoms with Crippen LogP contribution in [-0.2, 0) is 28.5 Å². The van der Waals surface area contributed by atoms with Crippen molar-refractivity contribution in [2.24, 2.45) is 34.8 Å². The van der Waals surface area contributed by atoms with Gasteiger partial charge in [-0.2, -0.15) is 0 Å². The smallest absolute Gasteiger partial charge is 0.309 e. The van der Waals surface area contributed by atoms with Crippen molar-refractivity contribution in [3.8, 4) is 0 Å². The number of carbonyl (C=O) groups is 2. The van der Waals surface area contributed by atoms with Crippen molar-refractivity contribution < 1.29 is 38.7 Å². The molecule has 0 aromatic carbocycles. The van der Waals surface area contributed by atoms with E-state index in [1.54, 1.807) is 0 Å². The summed E-state index contributed by atoms with van der Waals surface area (Å²) in [5, 5.41) is 23.5. The van der Waals surface area contributed by atoms with E-state index in [0.717, 1.165) is 28.7 Å². The SMILES string of the molecule is C=C1CCCC(=O)C2(CCC(C)CN)CCC(C3CC(C)C(=O)O3)=C(C)C2C=C(C)C(O)CC2OC3(CCC4(OC(CCC4(C)O)C1)O3)CC2C. The summed E-state index contributed by atoms with van der Waals surface area (Å²) in [6, 6.07) is 0. The summed E-state index contributed by atoms with van der Waals surface area (Å²) in [4.78, 5) is 27.3. The summed E-state index contributed by atoms with van der Waals surface area (Å²) in [7, 11) is 0. The van der Waals surface area contributed by atoms with Gasteiger partial charge < -0.3 is 34.9 Å². The van der Waals surface area contributed by atoms with Crippen LogP contribution in [-0.4, -0.2) is 70.1 Å². The second-order valence-corrected chi connectivity index (χ2v) is 17.8. The zero-order valence-corrected chi connectivity index (χ0v) is 32.1. The molecule has 12 atom stereocenters. The maximum Gasteiger partial charge on any atom is 0.309 e. The predicted molar refractivity (Wildman–Crippen MR) is 195 cm³/mol. The van der Waals surface area contributed by atoms with Gasteiger partial charge in [0.1, 0.15) is 17.5 Å². The number of ether oxygens (including phenoxy) is 4. The van der Waals surface area contributed by atoms with Gasteiger partial charge in [-0.25, -0.2) is 0 Å². The number of esters is 1. The molecule has 2 spiro atoms. The summed E-state index contributed by atoms with van der Waals surface area (Å²) in [6.45, 7) is 17.1. The third kappa shape index (κ3) is 7.46. The zero-order chi connectivity index (χ0) is 36.9. The zero-order valence-electron chi connectivity index (χ0n) is 32.1. The lowest BCUT2D eigenvalue weighted by molar-refractivity contribution is -0.387. The van der Waals surface area contributed by atoms with Crippen molar-refractivity contribution in [2.75, 3.05) is 6.54 Å². The van der Waals surface area contributed by atoms with Gasteiger partial charge in [0, 0.05) is 49.9 Å². The molecular weight excluding hydrogens is 646 g/mol. The molecule has 0 aromatic heterocycles. The molecule has 1 aliphatic carbocycles. The highest BCUT2D eigenvalue weighted by molar-refractivity contribution is 5.86. The summed E-state index contributed by atoms with van der Waals surface area (Å²) >= 11 is 0.